The Hall–Kier alpha value is -2.20. The number of fused-ring (bicyclic) bond motifs is 2. The van der Waals surface area contributed by atoms with Crippen LogP contribution in [0.4, 0.5) is 10.1 Å². The second-order valence-electron chi connectivity index (χ2n) is 5.52. The van der Waals surface area contributed by atoms with Crippen LogP contribution in [-0.2, 0) is 12.2 Å². The first-order chi connectivity index (χ1) is 11.3. The molecule has 1 aliphatic heterocycles. The highest BCUT2D eigenvalue weighted by Crippen LogP contribution is 2.36. The van der Waals surface area contributed by atoms with Gasteiger partial charge >= 0.3 is 0 Å². The van der Waals surface area contributed by atoms with Crippen molar-refractivity contribution in [2.75, 3.05) is 5.75 Å². The molecule has 0 fully saturated rings. The highest BCUT2D eigenvalue weighted by Gasteiger charge is 2.17. The number of hydrogen-bond donors (Lipinski definition) is 0. The number of pyridine rings is 1. The molecule has 0 radical (unpaired) electrons. The van der Waals surface area contributed by atoms with Crippen molar-refractivity contribution in [3.8, 4) is 0 Å². The Morgan fingerprint density at radius 2 is 1.91 bits per heavy atom. The Bertz CT molecular complexity index is 888. The zero-order valence-corrected chi connectivity index (χ0v) is 13.3. The van der Waals surface area contributed by atoms with Gasteiger partial charge < -0.3 is 0 Å². The third-order valence-electron chi connectivity index (χ3n) is 3.99. The summed E-state index contributed by atoms with van der Waals surface area (Å²) in [6.07, 6.45) is 2.80. The molecule has 1 aliphatic rings. The molecule has 0 saturated heterocycles. The molecule has 2 nitrogen and oxygen atoms in total. The quantitative estimate of drug-likeness (QED) is 0.626. The fourth-order valence-corrected chi connectivity index (χ4v) is 3.81. The number of benzene rings is 2. The van der Waals surface area contributed by atoms with Gasteiger partial charge in [0.25, 0.3) is 0 Å². The van der Waals surface area contributed by atoms with E-state index in [1.54, 1.807) is 18.3 Å². The first-order valence-electron chi connectivity index (χ1n) is 7.59. The molecule has 114 valence electrons. The number of thioether (sulfide) groups is 1. The summed E-state index contributed by atoms with van der Waals surface area (Å²) in [5, 5.41) is 1.08. The lowest BCUT2D eigenvalue weighted by molar-refractivity contribution is 0.628. The minimum atomic E-state index is -0.231. The van der Waals surface area contributed by atoms with E-state index >= 15 is 0 Å². The van der Waals surface area contributed by atoms with Gasteiger partial charge in [0.15, 0.2) is 0 Å². The van der Waals surface area contributed by atoms with Gasteiger partial charge in [-0.15, -0.1) is 0 Å². The maximum Gasteiger partial charge on any atom is 0.123 e. The number of rotatable bonds is 2. The van der Waals surface area contributed by atoms with Crippen LogP contribution in [0.3, 0.4) is 0 Å². The van der Waals surface area contributed by atoms with E-state index in [0.29, 0.717) is 0 Å². The third kappa shape index (κ3) is 2.86. The van der Waals surface area contributed by atoms with E-state index in [9.17, 15) is 4.39 Å². The Balaban J connectivity index is 1.85. The second kappa shape index (κ2) is 6.13. The first kappa shape index (κ1) is 14.4. The molecule has 2 aromatic carbocycles. The lowest BCUT2D eigenvalue weighted by Gasteiger charge is -2.18. The van der Waals surface area contributed by atoms with Crippen molar-refractivity contribution in [3.05, 3.63) is 71.2 Å². The van der Waals surface area contributed by atoms with E-state index in [1.165, 1.54) is 17.7 Å². The van der Waals surface area contributed by atoms with Crippen molar-refractivity contribution in [2.45, 2.75) is 12.2 Å². The molecular weight excluding hydrogens is 307 g/mol. The van der Waals surface area contributed by atoms with Gasteiger partial charge in [-0.25, -0.2) is 4.39 Å². The summed E-state index contributed by atoms with van der Waals surface area (Å²) in [5.74, 6) is 1.83. The van der Waals surface area contributed by atoms with E-state index in [-0.39, 0.29) is 5.82 Å². The zero-order chi connectivity index (χ0) is 15.6. The minimum Gasteiger partial charge on any atom is -0.255 e. The molecule has 0 unspecified atom stereocenters. The van der Waals surface area contributed by atoms with Gasteiger partial charge in [-0.3, -0.25) is 9.98 Å². The summed E-state index contributed by atoms with van der Waals surface area (Å²) in [5.41, 5.74) is 5.28. The van der Waals surface area contributed by atoms with Crippen LogP contribution in [0.2, 0.25) is 0 Å². The van der Waals surface area contributed by atoms with Crippen LogP contribution in [-0.4, -0.2) is 17.0 Å². The Morgan fingerprint density at radius 1 is 1.09 bits per heavy atom. The first-order valence-corrected chi connectivity index (χ1v) is 8.74. The van der Waals surface area contributed by atoms with Crippen LogP contribution in [0.25, 0.3) is 10.9 Å². The van der Waals surface area contributed by atoms with Crippen LogP contribution in [0.5, 0.6) is 0 Å². The largest absolute Gasteiger partial charge is 0.255 e. The number of halogens is 1. The van der Waals surface area contributed by atoms with Crippen molar-refractivity contribution < 1.29 is 4.39 Å². The molecule has 0 bridgehead atoms. The highest BCUT2D eigenvalue weighted by molar-refractivity contribution is 7.98. The predicted octanol–water partition coefficient (Wildman–Crippen LogP) is 4.91. The summed E-state index contributed by atoms with van der Waals surface area (Å²) in [4.78, 5) is 9.55. The van der Waals surface area contributed by atoms with Crippen molar-refractivity contribution >= 4 is 34.6 Å². The SMILES string of the molecule is Fc1ccc(/C=N/c2c3c(nc4ccccc24)CCSC3)cc1. The Kier molecular flexibility index (Phi) is 3.83. The molecule has 4 heteroatoms. The molecule has 3 aromatic rings. The molecule has 0 spiro atoms. The smallest absolute Gasteiger partial charge is 0.123 e. The topological polar surface area (TPSA) is 25.2 Å². The molecule has 4 rings (SSSR count). The number of para-hydroxylation sites is 1. The number of hydrogen-bond acceptors (Lipinski definition) is 3. The van der Waals surface area contributed by atoms with Gasteiger partial charge in [0.1, 0.15) is 5.82 Å². The van der Waals surface area contributed by atoms with E-state index in [1.807, 2.05) is 30.0 Å². The van der Waals surface area contributed by atoms with E-state index in [2.05, 4.69) is 6.07 Å². The van der Waals surface area contributed by atoms with Gasteiger partial charge in [0, 0.05) is 28.6 Å². The summed E-state index contributed by atoms with van der Waals surface area (Å²) in [7, 11) is 0. The maximum atomic E-state index is 13.0. The standard InChI is InChI=1S/C19H15FN2S/c20-14-7-5-13(6-8-14)11-21-19-15-3-1-2-4-17(15)22-18-9-10-23-12-16(18)19/h1-8,11H,9-10,12H2/b21-11+. The Labute approximate surface area is 138 Å². The summed E-state index contributed by atoms with van der Waals surface area (Å²) in [6.45, 7) is 0. The molecule has 0 saturated carbocycles. The number of aryl methyl sites for hydroxylation is 1. The van der Waals surface area contributed by atoms with Crippen molar-refractivity contribution in [2.24, 2.45) is 4.99 Å². The van der Waals surface area contributed by atoms with Crippen LogP contribution in [0.15, 0.2) is 53.5 Å². The second-order valence-corrected chi connectivity index (χ2v) is 6.62. The monoisotopic (exact) mass is 322 g/mol. The molecule has 0 atom stereocenters. The normalized spacial score (nSPS) is 14.3. The van der Waals surface area contributed by atoms with E-state index < -0.39 is 0 Å². The molecule has 2 heterocycles. The number of aromatic nitrogens is 1. The van der Waals surface area contributed by atoms with E-state index in [0.717, 1.165) is 45.8 Å². The average molecular weight is 322 g/mol. The van der Waals surface area contributed by atoms with Crippen molar-refractivity contribution in [1.29, 1.82) is 0 Å². The van der Waals surface area contributed by atoms with Gasteiger partial charge in [0.2, 0.25) is 0 Å². The lowest BCUT2D eigenvalue weighted by Crippen LogP contribution is -2.06. The lowest BCUT2D eigenvalue weighted by atomic mass is 10.1. The van der Waals surface area contributed by atoms with Crippen molar-refractivity contribution in [3.63, 3.8) is 0 Å². The molecule has 0 N–H and O–H groups in total. The molecule has 1 aromatic heterocycles. The minimum absolute atomic E-state index is 0.231. The van der Waals surface area contributed by atoms with Crippen LogP contribution in [0.1, 0.15) is 16.8 Å². The third-order valence-corrected chi connectivity index (χ3v) is 4.98. The fraction of sp³-hybridized carbons (Fsp3) is 0.158. The summed E-state index contributed by atoms with van der Waals surface area (Å²) in [6, 6.07) is 14.5. The zero-order valence-electron chi connectivity index (χ0n) is 12.5. The number of aliphatic imine (C=N–C) groups is 1. The van der Waals surface area contributed by atoms with Crippen LogP contribution in [0, 0.1) is 5.82 Å². The molecule has 23 heavy (non-hydrogen) atoms. The van der Waals surface area contributed by atoms with Crippen LogP contribution < -0.4 is 0 Å². The van der Waals surface area contributed by atoms with Gasteiger partial charge in [-0.2, -0.15) is 11.8 Å². The average Bonchev–Trinajstić information content (AvgIpc) is 2.60. The highest BCUT2D eigenvalue weighted by atomic mass is 32.2. The molecule has 0 aliphatic carbocycles. The van der Waals surface area contributed by atoms with Gasteiger partial charge in [-0.1, -0.05) is 30.3 Å². The van der Waals surface area contributed by atoms with Crippen molar-refractivity contribution in [1.82, 2.24) is 4.98 Å². The van der Waals surface area contributed by atoms with Crippen LogP contribution >= 0.6 is 11.8 Å². The fourth-order valence-electron chi connectivity index (χ4n) is 2.82. The summed E-state index contributed by atoms with van der Waals surface area (Å²) >= 11 is 1.92. The molecular formula is C19H15FN2S. The van der Waals surface area contributed by atoms with Gasteiger partial charge in [-0.05, 0) is 35.9 Å². The maximum absolute atomic E-state index is 13.0. The molecule has 0 amide bonds. The van der Waals surface area contributed by atoms with Gasteiger partial charge in [0.05, 0.1) is 11.2 Å². The summed E-state index contributed by atoms with van der Waals surface area (Å²) < 4.78 is 13.0. The Morgan fingerprint density at radius 3 is 2.78 bits per heavy atom. The predicted molar refractivity (Wildman–Crippen MR) is 95.3 cm³/mol. The van der Waals surface area contributed by atoms with E-state index in [4.69, 9.17) is 9.98 Å². The number of nitrogens with zero attached hydrogens (tertiary/aromatic N) is 2.